The highest BCUT2D eigenvalue weighted by Gasteiger charge is 2.16. The van der Waals surface area contributed by atoms with Gasteiger partial charge < -0.3 is 4.84 Å². The average Bonchev–Trinajstić information content (AvgIpc) is 2.00. The number of para-hydroxylation sites is 1. The minimum absolute atomic E-state index is 0.301. The topological polar surface area (TPSA) is 12.5 Å². The summed E-state index contributed by atoms with van der Waals surface area (Å²) in [6.45, 7) is 1.79. The summed E-state index contributed by atoms with van der Waals surface area (Å²) in [4.78, 5) is 5.24. The van der Waals surface area contributed by atoms with Crippen LogP contribution < -0.4 is 4.84 Å². The number of rotatable bonds is 2. The molecule has 12 heavy (non-hydrogen) atoms. The first-order valence-electron chi connectivity index (χ1n) is 4.04. The first kappa shape index (κ1) is 7.55. The van der Waals surface area contributed by atoms with Gasteiger partial charge in [0, 0.05) is 13.1 Å². The predicted molar refractivity (Wildman–Crippen MR) is 43.2 cm³/mol. The van der Waals surface area contributed by atoms with E-state index in [2.05, 4.69) is 0 Å². The molecule has 0 aliphatic carbocycles. The molecule has 1 saturated heterocycles. The van der Waals surface area contributed by atoms with Crippen LogP contribution in [0.5, 0.6) is 5.75 Å². The molecule has 64 valence electrons. The van der Waals surface area contributed by atoms with E-state index in [1.807, 2.05) is 0 Å². The fourth-order valence-corrected chi connectivity index (χ4v) is 1.04. The van der Waals surface area contributed by atoms with Crippen molar-refractivity contribution in [2.24, 2.45) is 0 Å². The number of halogens is 1. The molecule has 0 unspecified atom stereocenters. The molecular formula is C9H10FNO. The van der Waals surface area contributed by atoms with Crippen LogP contribution in [-0.2, 0) is 0 Å². The average molecular weight is 167 g/mol. The molecule has 0 saturated carbocycles. The quantitative estimate of drug-likeness (QED) is 0.666. The maximum atomic E-state index is 13.0. The normalized spacial score (nSPS) is 17.1. The van der Waals surface area contributed by atoms with Gasteiger partial charge in [0.25, 0.3) is 0 Å². The molecule has 0 atom stereocenters. The SMILES string of the molecule is Fc1ccccc1ON1CCC1. The third kappa shape index (κ3) is 1.41. The van der Waals surface area contributed by atoms with Gasteiger partial charge in [-0.3, -0.25) is 0 Å². The van der Waals surface area contributed by atoms with Gasteiger partial charge in [0.1, 0.15) is 0 Å². The van der Waals surface area contributed by atoms with Gasteiger partial charge >= 0.3 is 0 Å². The van der Waals surface area contributed by atoms with Gasteiger partial charge in [-0.2, -0.15) is 0 Å². The van der Waals surface area contributed by atoms with Crippen molar-refractivity contribution >= 4 is 0 Å². The molecule has 0 bridgehead atoms. The highest BCUT2D eigenvalue weighted by Crippen LogP contribution is 2.18. The Balaban J connectivity index is 2.06. The Hall–Kier alpha value is -1.09. The molecule has 3 heteroatoms. The van der Waals surface area contributed by atoms with Gasteiger partial charge in [-0.15, -0.1) is 5.06 Å². The van der Waals surface area contributed by atoms with E-state index in [9.17, 15) is 4.39 Å². The van der Waals surface area contributed by atoms with Crippen LogP contribution in [0.25, 0.3) is 0 Å². The van der Waals surface area contributed by atoms with E-state index < -0.39 is 0 Å². The Bertz CT molecular complexity index is 273. The lowest BCUT2D eigenvalue weighted by molar-refractivity contribution is -0.109. The summed E-state index contributed by atoms with van der Waals surface area (Å²) in [6.07, 6.45) is 1.13. The van der Waals surface area contributed by atoms with Crippen molar-refractivity contribution in [3.05, 3.63) is 30.1 Å². The van der Waals surface area contributed by atoms with Crippen molar-refractivity contribution in [1.29, 1.82) is 0 Å². The van der Waals surface area contributed by atoms with Gasteiger partial charge in [0.15, 0.2) is 11.6 Å². The molecule has 2 rings (SSSR count). The zero-order chi connectivity index (χ0) is 8.39. The molecule has 0 radical (unpaired) electrons. The summed E-state index contributed by atoms with van der Waals surface area (Å²) in [6, 6.07) is 6.44. The Kier molecular flexibility index (Phi) is 1.96. The van der Waals surface area contributed by atoms with Gasteiger partial charge in [-0.05, 0) is 18.6 Å². The van der Waals surface area contributed by atoms with Crippen LogP contribution in [0.1, 0.15) is 6.42 Å². The second-order valence-corrected chi connectivity index (χ2v) is 2.80. The van der Waals surface area contributed by atoms with Crippen molar-refractivity contribution in [2.75, 3.05) is 13.1 Å². The van der Waals surface area contributed by atoms with E-state index in [0.29, 0.717) is 5.75 Å². The van der Waals surface area contributed by atoms with Gasteiger partial charge in [-0.1, -0.05) is 12.1 Å². The second-order valence-electron chi connectivity index (χ2n) is 2.80. The van der Waals surface area contributed by atoms with Crippen LogP contribution in [0.15, 0.2) is 24.3 Å². The van der Waals surface area contributed by atoms with E-state index in [1.165, 1.54) is 6.07 Å². The molecule has 1 aromatic carbocycles. The fraction of sp³-hybridized carbons (Fsp3) is 0.333. The van der Waals surface area contributed by atoms with E-state index in [0.717, 1.165) is 19.5 Å². The maximum absolute atomic E-state index is 13.0. The predicted octanol–water partition coefficient (Wildman–Crippen LogP) is 1.83. The van der Waals surface area contributed by atoms with Crippen LogP contribution in [0.2, 0.25) is 0 Å². The van der Waals surface area contributed by atoms with E-state index in [1.54, 1.807) is 23.3 Å². The summed E-state index contributed by atoms with van der Waals surface area (Å²) in [5.41, 5.74) is 0. The highest BCUT2D eigenvalue weighted by atomic mass is 19.1. The van der Waals surface area contributed by atoms with Crippen LogP contribution in [-0.4, -0.2) is 18.2 Å². The molecule has 0 amide bonds. The highest BCUT2D eigenvalue weighted by molar-refractivity contribution is 5.23. The number of hydrogen-bond acceptors (Lipinski definition) is 2. The zero-order valence-electron chi connectivity index (χ0n) is 6.66. The van der Waals surface area contributed by atoms with Crippen LogP contribution in [0.3, 0.4) is 0 Å². The molecule has 1 aromatic rings. The van der Waals surface area contributed by atoms with Gasteiger partial charge in [-0.25, -0.2) is 4.39 Å². The molecule has 0 N–H and O–H groups in total. The van der Waals surface area contributed by atoms with Crippen molar-refractivity contribution < 1.29 is 9.23 Å². The summed E-state index contributed by atoms with van der Waals surface area (Å²) in [5.74, 6) is 0.0154. The molecule has 2 nitrogen and oxygen atoms in total. The fourth-order valence-electron chi connectivity index (χ4n) is 1.04. The molecule has 1 fully saturated rings. The van der Waals surface area contributed by atoms with Gasteiger partial charge in [0.05, 0.1) is 0 Å². The molecular weight excluding hydrogens is 157 g/mol. The minimum atomic E-state index is -0.301. The Labute approximate surface area is 70.5 Å². The van der Waals surface area contributed by atoms with Crippen LogP contribution >= 0.6 is 0 Å². The third-order valence-corrected chi connectivity index (χ3v) is 1.88. The minimum Gasteiger partial charge on any atom is -0.403 e. The summed E-state index contributed by atoms with van der Waals surface area (Å²) < 4.78 is 13.0. The Morgan fingerprint density at radius 2 is 2.00 bits per heavy atom. The van der Waals surface area contributed by atoms with E-state index in [4.69, 9.17) is 4.84 Å². The van der Waals surface area contributed by atoms with Crippen LogP contribution in [0, 0.1) is 5.82 Å². The van der Waals surface area contributed by atoms with Gasteiger partial charge in [0.2, 0.25) is 0 Å². The molecule has 0 aromatic heterocycles. The number of hydroxylamine groups is 2. The Morgan fingerprint density at radius 3 is 2.58 bits per heavy atom. The van der Waals surface area contributed by atoms with E-state index in [-0.39, 0.29) is 5.82 Å². The van der Waals surface area contributed by atoms with Crippen molar-refractivity contribution in [1.82, 2.24) is 5.06 Å². The number of hydrogen-bond donors (Lipinski definition) is 0. The molecule has 1 aliphatic rings. The Morgan fingerprint density at radius 1 is 1.25 bits per heavy atom. The standard InChI is InChI=1S/C9H10FNO/c10-8-4-1-2-5-9(8)12-11-6-3-7-11/h1-2,4-5H,3,6-7H2. The first-order valence-corrected chi connectivity index (χ1v) is 4.04. The van der Waals surface area contributed by atoms with Crippen molar-refractivity contribution in [2.45, 2.75) is 6.42 Å². The summed E-state index contributed by atoms with van der Waals surface area (Å²) in [7, 11) is 0. The smallest absolute Gasteiger partial charge is 0.183 e. The lowest BCUT2D eigenvalue weighted by atomic mass is 10.3. The van der Waals surface area contributed by atoms with Crippen LogP contribution in [0.4, 0.5) is 4.39 Å². The lowest BCUT2D eigenvalue weighted by Crippen LogP contribution is -2.39. The molecule has 1 aliphatic heterocycles. The number of nitrogens with zero attached hydrogens (tertiary/aromatic N) is 1. The first-order chi connectivity index (χ1) is 5.86. The summed E-state index contributed by atoms with van der Waals surface area (Å²) >= 11 is 0. The van der Waals surface area contributed by atoms with E-state index >= 15 is 0 Å². The molecule has 0 spiro atoms. The number of benzene rings is 1. The maximum Gasteiger partial charge on any atom is 0.183 e. The molecule has 1 heterocycles. The lowest BCUT2D eigenvalue weighted by Gasteiger charge is -2.29. The summed E-state index contributed by atoms with van der Waals surface area (Å²) in [5, 5.41) is 1.75. The second kappa shape index (κ2) is 3.11. The zero-order valence-corrected chi connectivity index (χ0v) is 6.66. The van der Waals surface area contributed by atoms with Crippen molar-refractivity contribution in [3.8, 4) is 5.75 Å². The third-order valence-electron chi connectivity index (χ3n) is 1.88. The van der Waals surface area contributed by atoms with Crippen molar-refractivity contribution in [3.63, 3.8) is 0 Å². The largest absolute Gasteiger partial charge is 0.403 e. The monoisotopic (exact) mass is 167 g/mol.